The molecule has 0 spiro atoms. The normalized spacial score (nSPS) is 19.0. The van der Waals surface area contributed by atoms with Gasteiger partial charge in [0.05, 0.1) is 11.0 Å². The van der Waals surface area contributed by atoms with Gasteiger partial charge in [-0.1, -0.05) is 11.6 Å². The van der Waals surface area contributed by atoms with Gasteiger partial charge in [-0.2, -0.15) is 0 Å². The van der Waals surface area contributed by atoms with Crippen LogP contribution in [-0.4, -0.2) is 41.7 Å². The second-order valence-electron chi connectivity index (χ2n) is 5.91. The van der Waals surface area contributed by atoms with Crippen molar-refractivity contribution in [2.75, 3.05) is 27.2 Å². The Hall–Kier alpha value is -1.10. The van der Waals surface area contributed by atoms with E-state index in [1.54, 1.807) is 0 Å². The Labute approximate surface area is 130 Å². The number of ether oxygens (including phenoxy) is 1. The summed E-state index contributed by atoms with van der Waals surface area (Å²) < 4.78 is 8.13. The zero-order valence-corrected chi connectivity index (χ0v) is 13.4. The van der Waals surface area contributed by atoms with E-state index >= 15 is 0 Å². The van der Waals surface area contributed by atoms with E-state index in [4.69, 9.17) is 21.3 Å². The molecule has 1 atom stereocenters. The minimum absolute atomic E-state index is 0.135. The van der Waals surface area contributed by atoms with Crippen LogP contribution in [0.5, 0.6) is 0 Å². The summed E-state index contributed by atoms with van der Waals surface area (Å²) >= 11 is 6.16. The Kier molecular flexibility index (Phi) is 4.48. The fraction of sp³-hybridized carbons (Fsp3) is 0.562. The van der Waals surface area contributed by atoms with Gasteiger partial charge >= 0.3 is 0 Å². The molecule has 0 amide bonds. The Morgan fingerprint density at radius 3 is 3.00 bits per heavy atom. The lowest BCUT2D eigenvalue weighted by Crippen LogP contribution is -2.16. The highest BCUT2D eigenvalue weighted by Crippen LogP contribution is 2.31. The van der Waals surface area contributed by atoms with E-state index in [0.29, 0.717) is 0 Å². The van der Waals surface area contributed by atoms with Crippen LogP contribution < -0.4 is 0 Å². The molecular formula is C16H22ClN3O. The van der Waals surface area contributed by atoms with E-state index in [1.807, 2.05) is 18.2 Å². The van der Waals surface area contributed by atoms with Gasteiger partial charge in [-0.3, -0.25) is 0 Å². The van der Waals surface area contributed by atoms with Gasteiger partial charge in [-0.15, -0.1) is 0 Å². The average molecular weight is 308 g/mol. The highest BCUT2D eigenvalue weighted by molar-refractivity contribution is 6.31. The number of imidazole rings is 1. The van der Waals surface area contributed by atoms with Crippen molar-refractivity contribution in [1.82, 2.24) is 14.5 Å². The maximum atomic E-state index is 6.16. The van der Waals surface area contributed by atoms with E-state index in [-0.39, 0.29) is 6.10 Å². The molecule has 4 nitrogen and oxygen atoms in total. The number of halogens is 1. The average Bonchev–Trinajstić information content (AvgIpc) is 3.06. The Bertz CT molecular complexity index is 617. The van der Waals surface area contributed by atoms with Gasteiger partial charge in [0, 0.05) is 18.2 Å². The van der Waals surface area contributed by atoms with E-state index < -0.39 is 0 Å². The van der Waals surface area contributed by atoms with Crippen LogP contribution in [0.1, 0.15) is 31.2 Å². The van der Waals surface area contributed by atoms with Crippen LogP contribution in [0.3, 0.4) is 0 Å². The molecule has 5 heteroatoms. The minimum atomic E-state index is 0.135. The molecule has 0 radical (unpaired) electrons. The van der Waals surface area contributed by atoms with Crippen LogP contribution in [-0.2, 0) is 11.3 Å². The highest BCUT2D eigenvalue weighted by Gasteiger charge is 2.24. The van der Waals surface area contributed by atoms with E-state index in [9.17, 15) is 0 Å². The van der Waals surface area contributed by atoms with Gasteiger partial charge in [-0.05, 0) is 58.1 Å². The molecule has 1 unspecified atom stereocenters. The second-order valence-corrected chi connectivity index (χ2v) is 6.35. The molecule has 0 bridgehead atoms. The first-order valence-electron chi connectivity index (χ1n) is 7.57. The maximum Gasteiger partial charge on any atom is 0.139 e. The Morgan fingerprint density at radius 1 is 1.43 bits per heavy atom. The smallest absolute Gasteiger partial charge is 0.139 e. The number of aromatic nitrogens is 2. The molecular weight excluding hydrogens is 286 g/mol. The van der Waals surface area contributed by atoms with Crippen LogP contribution in [0.15, 0.2) is 18.2 Å². The molecule has 2 heterocycles. The van der Waals surface area contributed by atoms with Gasteiger partial charge in [0.25, 0.3) is 0 Å². The SMILES string of the molecule is CN(C)CCCn1c(C2CCCO2)nc2ccc(Cl)cc21. The number of hydrogen-bond acceptors (Lipinski definition) is 3. The predicted octanol–water partition coefficient (Wildman–Crippen LogP) is 3.49. The molecule has 1 aliphatic rings. The summed E-state index contributed by atoms with van der Waals surface area (Å²) in [5.41, 5.74) is 2.13. The number of benzene rings is 1. The fourth-order valence-corrected chi connectivity index (χ4v) is 3.09. The largest absolute Gasteiger partial charge is 0.370 e. The number of aryl methyl sites for hydroxylation is 1. The molecule has 1 saturated heterocycles. The van der Waals surface area contributed by atoms with E-state index in [1.165, 1.54) is 0 Å². The van der Waals surface area contributed by atoms with Crippen molar-refractivity contribution in [2.45, 2.75) is 31.9 Å². The van der Waals surface area contributed by atoms with Gasteiger partial charge in [0.15, 0.2) is 0 Å². The first kappa shape index (κ1) is 14.8. The molecule has 3 rings (SSSR count). The van der Waals surface area contributed by atoms with E-state index in [0.717, 1.165) is 60.8 Å². The molecule has 1 aromatic carbocycles. The highest BCUT2D eigenvalue weighted by atomic mass is 35.5. The number of nitrogens with zero attached hydrogens (tertiary/aromatic N) is 3. The third-order valence-corrected chi connectivity index (χ3v) is 4.18. The summed E-state index contributed by atoms with van der Waals surface area (Å²) in [4.78, 5) is 7.01. The third kappa shape index (κ3) is 3.23. The van der Waals surface area contributed by atoms with Crippen LogP contribution in [0, 0.1) is 0 Å². The Balaban J connectivity index is 1.95. The monoisotopic (exact) mass is 307 g/mol. The zero-order valence-electron chi connectivity index (χ0n) is 12.7. The first-order valence-corrected chi connectivity index (χ1v) is 7.95. The molecule has 0 N–H and O–H groups in total. The van der Waals surface area contributed by atoms with Crippen molar-refractivity contribution in [3.63, 3.8) is 0 Å². The molecule has 114 valence electrons. The van der Waals surface area contributed by atoms with Crippen molar-refractivity contribution >= 4 is 22.6 Å². The minimum Gasteiger partial charge on any atom is -0.370 e. The lowest BCUT2D eigenvalue weighted by molar-refractivity contribution is 0.102. The predicted molar refractivity (Wildman–Crippen MR) is 85.8 cm³/mol. The quantitative estimate of drug-likeness (QED) is 0.847. The zero-order chi connectivity index (χ0) is 14.8. The first-order chi connectivity index (χ1) is 10.1. The maximum absolute atomic E-state index is 6.16. The van der Waals surface area contributed by atoms with Crippen LogP contribution in [0.2, 0.25) is 5.02 Å². The van der Waals surface area contributed by atoms with Crippen molar-refractivity contribution in [2.24, 2.45) is 0 Å². The standard InChI is InChI=1S/C16H22ClN3O/c1-19(2)8-4-9-20-14-11-12(17)6-7-13(14)18-16(20)15-5-3-10-21-15/h6-7,11,15H,3-5,8-10H2,1-2H3. The van der Waals surface area contributed by atoms with Crippen molar-refractivity contribution < 1.29 is 4.74 Å². The summed E-state index contributed by atoms with van der Waals surface area (Å²) in [5.74, 6) is 1.06. The van der Waals surface area contributed by atoms with Crippen LogP contribution in [0.4, 0.5) is 0 Å². The summed E-state index contributed by atoms with van der Waals surface area (Å²) in [7, 11) is 4.20. The number of fused-ring (bicyclic) bond motifs is 1. The van der Waals surface area contributed by atoms with Crippen molar-refractivity contribution in [3.8, 4) is 0 Å². The summed E-state index contributed by atoms with van der Waals surface area (Å²) in [6.45, 7) is 2.85. The molecule has 1 fully saturated rings. The summed E-state index contributed by atoms with van der Waals surface area (Å²) in [6.07, 6.45) is 3.40. The van der Waals surface area contributed by atoms with Gasteiger partial charge in [-0.25, -0.2) is 4.98 Å². The van der Waals surface area contributed by atoms with Crippen molar-refractivity contribution in [3.05, 3.63) is 29.0 Å². The molecule has 2 aromatic rings. The van der Waals surface area contributed by atoms with Crippen LogP contribution >= 0.6 is 11.6 Å². The third-order valence-electron chi connectivity index (χ3n) is 3.94. The molecule has 1 aliphatic heterocycles. The number of rotatable bonds is 5. The van der Waals surface area contributed by atoms with Gasteiger partial charge < -0.3 is 14.2 Å². The summed E-state index contributed by atoms with van der Waals surface area (Å²) in [6, 6.07) is 5.91. The number of hydrogen-bond donors (Lipinski definition) is 0. The molecule has 21 heavy (non-hydrogen) atoms. The molecule has 0 saturated carbocycles. The lowest BCUT2D eigenvalue weighted by atomic mass is 10.2. The summed E-state index contributed by atoms with van der Waals surface area (Å²) in [5, 5.41) is 0.759. The topological polar surface area (TPSA) is 30.3 Å². The van der Waals surface area contributed by atoms with Gasteiger partial charge in [0.2, 0.25) is 0 Å². The van der Waals surface area contributed by atoms with Gasteiger partial charge in [0.1, 0.15) is 11.9 Å². The van der Waals surface area contributed by atoms with Crippen LogP contribution in [0.25, 0.3) is 11.0 Å². The molecule has 1 aromatic heterocycles. The second kappa shape index (κ2) is 6.34. The van der Waals surface area contributed by atoms with Crippen molar-refractivity contribution in [1.29, 1.82) is 0 Å². The van der Waals surface area contributed by atoms with E-state index in [2.05, 4.69) is 23.6 Å². The fourth-order valence-electron chi connectivity index (χ4n) is 2.92. The molecule has 0 aliphatic carbocycles. The lowest BCUT2D eigenvalue weighted by Gasteiger charge is -2.15. The Morgan fingerprint density at radius 2 is 2.29 bits per heavy atom.